The molecule has 2 unspecified atom stereocenters. The summed E-state index contributed by atoms with van der Waals surface area (Å²) in [6.45, 7) is 0. The van der Waals surface area contributed by atoms with Gasteiger partial charge >= 0.3 is 11.9 Å². The number of rotatable bonds is 5. The van der Waals surface area contributed by atoms with Crippen LogP contribution in [-0.2, 0) is 5.41 Å². The molecule has 8 fully saturated rings. The number of benzene rings is 2. The van der Waals surface area contributed by atoms with Crippen LogP contribution in [-0.4, -0.2) is 22.2 Å². The molecule has 2 N–H and O–H groups in total. The highest BCUT2D eigenvalue weighted by atomic mass is 16.4. The molecule has 0 heterocycles. The summed E-state index contributed by atoms with van der Waals surface area (Å²) in [5, 5.41) is 21.1. The van der Waals surface area contributed by atoms with Crippen molar-refractivity contribution in [2.75, 3.05) is 0 Å². The maximum absolute atomic E-state index is 12.9. The predicted octanol–water partition coefficient (Wildman–Crippen LogP) is 7.41. The fraction of sp³-hybridized carbons (Fsp3) is 0.588. The largest absolute Gasteiger partial charge is 0.478 e. The van der Waals surface area contributed by atoms with Crippen LogP contribution in [0.25, 0.3) is 0 Å². The minimum Gasteiger partial charge on any atom is -0.478 e. The molecule has 10 rings (SSSR count). The maximum Gasteiger partial charge on any atom is 0.335 e. The van der Waals surface area contributed by atoms with Gasteiger partial charge in [-0.15, -0.1) is 0 Å². The van der Waals surface area contributed by atoms with Crippen LogP contribution in [0.1, 0.15) is 102 Å². The molecule has 38 heavy (non-hydrogen) atoms. The predicted molar refractivity (Wildman–Crippen MR) is 144 cm³/mol. The first-order chi connectivity index (χ1) is 18.3. The smallest absolute Gasteiger partial charge is 0.335 e. The van der Waals surface area contributed by atoms with E-state index in [1.54, 1.807) is 12.1 Å². The Bertz CT molecular complexity index is 1230. The molecule has 0 aromatic heterocycles. The molecular formula is C34H38O4. The van der Waals surface area contributed by atoms with Crippen LogP contribution in [0.3, 0.4) is 0 Å². The van der Waals surface area contributed by atoms with Gasteiger partial charge in [0.15, 0.2) is 0 Å². The Morgan fingerprint density at radius 1 is 0.579 bits per heavy atom. The highest BCUT2D eigenvalue weighted by molar-refractivity contribution is 5.93. The normalized spacial score (nSPS) is 41.4. The number of carbonyl (C=O) groups is 2. The minimum atomic E-state index is -0.887. The molecule has 8 aliphatic carbocycles. The van der Waals surface area contributed by atoms with Gasteiger partial charge in [0.05, 0.1) is 11.1 Å². The van der Waals surface area contributed by atoms with E-state index in [1.165, 1.54) is 44.9 Å². The maximum atomic E-state index is 12.9. The Balaban J connectivity index is 1.49. The lowest BCUT2D eigenvalue weighted by Crippen LogP contribution is -2.71. The number of hydrogen-bond acceptors (Lipinski definition) is 2. The Hall–Kier alpha value is -2.62. The van der Waals surface area contributed by atoms with Gasteiger partial charge in [-0.1, -0.05) is 36.4 Å². The van der Waals surface area contributed by atoms with E-state index in [0.29, 0.717) is 23.0 Å². The number of carboxylic acids is 2. The average molecular weight is 511 g/mol. The van der Waals surface area contributed by atoms with Crippen molar-refractivity contribution in [3.05, 3.63) is 70.8 Å². The lowest BCUT2D eigenvalue weighted by molar-refractivity contribution is -0.234. The van der Waals surface area contributed by atoms with E-state index in [2.05, 4.69) is 12.1 Å². The molecule has 0 spiro atoms. The van der Waals surface area contributed by atoms with Gasteiger partial charge in [0.1, 0.15) is 0 Å². The third-order valence-corrected chi connectivity index (χ3v) is 12.8. The van der Waals surface area contributed by atoms with Gasteiger partial charge in [-0.05, 0) is 140 Å². The Kier molecular flexibility index (Phi) is 4.74. The molecule has 2 aromatic carbocycles. The third-order valence-electron chi connectivity index (χ3n) is 12.8. The molecule has 2 aromatic rings. The topological polar surface area (TPSA) is 74.6 Å². The van der Waals surface area contributed by atoms with Crippen molar-refractivity contribution >= 4 is 11.9 Å². The summed E-state index contributed by atoms with van der Waals surface area (Å²) in [6.07, 6.45) is 13.7. The second kappa shape index (κ2) is 7.73. The van der Waals surface area contributed by atoms with Gasteiger partial charge in [0, 0.05) is 5.41 Å². The first-order valence-corrected chi connectivity index (χ1v) is 15.0. The summed E-state index contributed by atoms with van der Waals surface area (Å²) in [5.41, 5.74) is 2.06. The van der Waals surface area contributed by atoms with Gasteiger partial charge in [-0.2, -0.15) is 0 Å². The molecule has 0 saturated heterocycles. The third kappa shape index (κ3) is 2.77. The Morgan fingerprint density at radius 3 is 1.39 bits per heavy atom. The molecule has 4 nitrogen and oxygen atoms in total. The summed E-state index contributed by atoms with van der Waals surface area (Å²) in [7, 11) is 0. The molecular weight excluding hydrogens is 472 g/mol. The minimum absolute atomic E-state index is 0.0954. The molecule has 198 valence electrons. The SMILES string of the molecule is O=C(O)c1ccccc1C1(c2ccccc2C(=O)O)C2CC3CC(C2)CC1(C12CC4CC(CC(C4)C1)C2)C3. The van der Waals surface area contributed by atoms with E-state index < -0.39 is 17.4 Å². The van der Waals surface area contributed by atoms with Gasteiger partial charge in [-0.3, -0.25) is 0 Å². The summed E-state index contributed by atoms with van der Waals surface area (Å²) in [5.74, 6) is 2.24. The van der Waals surface area contributed by atoms with Crippen molar-refractivity contribution in [3.63, 3.8) is 0 Å². The molecule has 8 saturated carbocycles. The fourth-order valence-electron chi connectivity index (χ4n) is 12.7. The quantitative estimate of drug-likeness (QED) is 0.439. The van der Waals surface area contributed by atoms with Crippen molar-refractivity contribution in [2.45, 2.75) is 76.0 Å². The molecule has 4 heteroatoms. The Labute approximate surface area is 224 Å². The summed E-state index contributed by atoms with van der Waals surface area (Å²) in [6, 6.07) is 15.4. The van der Waals surface area contributed by atoms with E-state index in [9.17, 15) is 19.8 Å². The molecule has 0 amide bonds. The van der Waals surface area contributed by atoms with Crippen LogP contribution in [0, 0.1) is 46.3 Å². The van der Waals surface area contributed by atoms with Crippen LogP contribution in [0.4, 0.5) is 0 Å². The summed E-state index contributed by atoms with van der Waals surface area (Å²) < 4.78 is 0. The summed E-state index contributed by atoms with van der Waals surface area (Å²) >= 11 is 0. The lowest BCUT2D eigenvalue weighted by atomic mass is 9.26. The zero-order chi connectivity index (χ0) is 25.9. The monoisotopic (exact) mass is 510 g/mol. The highest BCUT2D eigenvalue weighted by Gasteiger charge is 2.75. The van der Waals surface area contributed by atoms with E-state index in [-0.39, 0.29) is 16.7 Å². The second-order valence-electron chi connectivity index (χ2n) is 14.3. The van der Waals surface area contributed by atoms with Crippen molar-refractivity contribution in [2.24, 2.45) is 46.3 Å². The molecule has 8 aliphatic rings. The van der Waals surface area contributed by atoms with E-state index in [1.807, 2.05) is 24.3 Å². The van der Waals surface area contributed by atoms with Crippen LogP contribution < -0.4 is 0 Å². The van der Waals surface area contributed by atoms with Crippen LogP contribution in [0.5, 0.6) is 0 Å². The van der Waals surface area contributed by atoms with Crippen molar-refractivity contribution < 1.29 is 19.8 Å². The number of hydrogen-bond donors (Lipinski definition) is 2. The van der Waals surface area contributed by atoms with Crippen LogP contribution in [0.15, 0.2) is 48.5 Å². The van der Waals surface area contributed by atoms with Crippen molar-refractivity contribution in [1.82, 2.24) is 0 Å². The fourth-order valence-corrected chi connectivity index (χ4v) is 12.7. The van der Waals surface area contributed by atoms with E-state index in [4.69, 9.17) is 0 Å². The first kappa shape index (κ1) is 23.3. The second-order valence-corrected chi connectivity index (χ2v) is 14.3. The molecule has 0 aliphatic heterocycles. The lowest BCUT2D eigenvalue weighted by Gasteiger charge is -2.77. The van der Waals surface area contributed by atoms with Gasteiger partial charge in [0.25, 0.3) is 0 Å². The molecule has 2 atom stereocenters. The highest BCUT2D eigenvalue weighted by Crippen LogP contribution is 2.81. The number of carboxylic acid groups (broad SMARTS) is 2. The molecule has 0 radical (unpaired) electrons. The Morgan fingerprint density at radius 2 is 0.974 bits per heavy atom. The van der Waals surface area contributed by atoms with Gasteiger partial charge in [0.2, 0.25) is 0 Å². The average Bonchev–Trinajstić information content (AvgIpc) is 2.88. The van der Waals surface area contributed by atoms with Crippen molar-refractivity contribution in [3.8, 4) is 0 Å². The summed E-state index contributed by atoms with van der Waals surface area (Å²) in [4.78, 5) is 25.8. The zero-order valence-corrected chi connectivity index (χ0v) is 22.1. The van der Waals surface area contributed by atoms with Crippen LogP contribution in [0.2, 0.25) is 0 Å². The van der Waals surface area contributed by atoms with Gasteiger partial charge < -0.3 is 10.2 Å². The first-order valence-electron chi connectivity index (χ1n) is 15.0. The molecule has 8 bridgehead atoms. The van der Waals surface area contributed by atoms with Crippen molar-refractivity contribution in [1.29, 1.82) is 0 Å². The van der Waals surface area contributed by atoms with E-state index in [0.717, 1.165) is 54.6 Å². The van der Waals surface area contributed by atoms with Crippen LogP contribution >= 0.6 is 0 Å². The zero-order valence-electron chi connectivity index (χ0n) is 22.1. The van der Waals surface area contributed by atoms with Gasteiger partial charge in [-0.25, -0.2) is 9.59 Å². The van der Waals surface area contributed by atoms with E-state index >= 15 is 0 Å². The number of aromatic carboxylic acids is 2. The standard InChI is InChI=1S/C34H38O4/c35-30(36)26-5-1-3-7-28(26)34(29-8-4-2-6-27(29)31(37)38)25-13-23-12-24(14-25)19-33(34,18-23)32-15-20-9-21(16-32)11-22(10-20)17-32/h1-8,20-25H,9-19H2,(H,35,36)(H,37,38).